The third-order valence-corrected chi connectivity index (χ3v) is 6.55. The van der Waals surface area contributed by atoms with Crippen molar-refractivity contribution >= 4 is 17.7 Å². The minimum atomic E-state index is -1.12. The molecule has 1 aromatic heterocycles. The zero-order valence-electron chi connectivity index (χ0n) is 22.7. The predicted molar refractivity (Wildman–Crippen MR) is 153 cm³/mol. The number of rotatable bonds is 6. The Bertz CT molecular complexity index is 1190. The molecule has 2 N–H and O–H groups in total. The van der Waals surface area contributed by atoms with Crippen molar-refractivity contribution < 1.29 is 9.90 Å². The van der Waals surface area contributed by atoms with Gasteiger partial charge in [0, 0.05) is 49.1 Å². The van der Waals surface area contributed by atoms with Crippen molar-refractivity contribution in [3.8, 4) is 11.3 Å². The summed E-state index contributed by atoms with van der Waals surface area (Å²) in [6.45, 7) is 9.62. The number of hydrogen-bond donors (Lipinski definition) is 2. The van der Waals surface area contributed by atoms with Crippen LogP contribution in [-0.2, 0) is 4.79 Å². The molecule has 1 aliphatic heterocycles. The molecule has 0 aliphatic carbocycles. The van der Waals surface area contributed by atoms with Crippen molar-refractivity contribution in [3.63, 3.8) is 0 Å². The number of piperidine rings is 1. The van der Waals surface area contributed by atoms with E-state index in [1.807, 2.05) is 24.3 Å². The molecule has 0 radical (unpaired) electrons. The van der Waals surface area contributed by atoms with Crippen molar-refractivity contribution in [2.45, 2.75) is 59.0 Å². The molecule has 0 spiro atoms. The average molecular weight is 501 g/mol. The molecule has 1 saturated heterocycles. The van der Waals surface area contributed by atoms with Gasteiger partial charge in [-0.15, -0.1) is 0 Å². The number of aliphatic hydroxyl groups excluding tert-OH is 1. The van der Waals surface area contributed by atoms with E-state index < -0.39 is 6.10 Å². The lowest BCUT2D eigenvalue weighted by molar-refractivity contribution is -0.141. The van der Waals surface area contributed by atoms with E-state index >= 15 is 0 Å². The van der Waals surface area contributed by atoms with E-state index in [2.05, 4.69) is 62.1 Å². The van der Waals surface area contributed by atoms with Crippen LogP contribution < -0.4 is 0 Å². The van der Waals surface area contributed by atoms with Crippen LogP contribution >= 0.6 is 0 Å². The van der Waals surface area contributed by atoms with E-state index in [1.165, 1.54) is 12.0 Å². The number of amides is 1. The van der Waals surface area contributed by atoms with Gasteiger partial charge in [-0.1, -0.05) is 80.4 Å². The minimum absolute atomic E-state index is 0.231. The van der Waals surface area contributed by atoms with Crippen LogP contribution in [0.4, 0.5) is 0 Å². The van der Waals surface area contributed by atoms with Gasteiger partial charge in [0.25, 0.3) is 5.91 Å². The molecule has 1 atom stereocenters. The number of nitrogens with zero attached hydrogens (tertiary/aromatic N) is 3. The highest BCUT2D eigenvalue weighted by Crippen LogP contribution is 2.37. The molecule has 37 heavy (non-hydrogen) atoms. The number of aromatic amines is 1. The van der Waals surface area contributed by atoms with Crippen molar-refractivity contribution in [1.82, 2.24) is 15.1 Å². The number of aromatic nitrogens is 2. The summed E-state index contributed by atoms with van der Waals surface area (Å²) in [5.74, 6) is 0.0200. The van der Waals surface area contributed by atoms with Crippen LogP contribution in [0, 0.1) is 6.92 Å². The zero-order valence-corrected chi connectivity index (χ0v) is 22.7. The zero-order chi connectivity index (χ0) is 26.8. The Kier molecular flexibility index (Phi) is 10.4. The number of benzene rings is 2. The van der Waals surface area contributed by atoms with E-state index in [0.717, 1.165) is 40.9 Å². The molecule has 6 heteroatoms. The van der Waals surface area contributed by atoms with Gasteiger partial charge in [-0.05, 0) is 43.9 Å². The second-order valence-corrected chi connectivity index (χ2v) is 9.60. The van der Waals surface area contributed by atoms with E-state index in [9.17, 15) is 9.90 Å². The molecule has 0 bridgehead atoms. The van der Waals surface area contributed by atoms with Crippen molar-refractivity contribution in [2.75, 3.05) is 20.1 Å². The Hall–Kier alpha value is -3.51. The van der Waals surface area contributed by atoms with Crippen LogP contribution in [0.1, 0.15) is 74.4 Å². The molecule has 1 fully saturated rings. The first-order valence-electron chi connectivity index (χ1n) is 13.2. The normalized spacial score (nSPS) is 15.4. The standard InChI is InChI=1S/C28H32N4O2.C3H8/c1-19-9-11-21(12-10-19)25-24(20(2)13-16-29-3)26(31-30-25)22-14-17-32(18-15-22)28(34)27(33)23-7-5-4-6-8-23;1-3-2/h4-13,16,22,27,33H,14-15,17-18H2,1-3H3,(H,30,31);3H2,1-2H3/b20-13+,29-16?;. The van der Waals surface area contributed by atoms with E-state index in [4.69, 9.17) is 5.10 Å². The van der Waals surface area contributed by atoms with E-state index in [0.29, 0.717) is 18.7 Å². The molecule has 196 valence electrons. The Morgan fingerprint density at radius 2 is 1.76 bits per heavy atom. The highest BCUT2D eigenvalue weighted by molar-refractivity contribution is 5.89. The first-order valence-corrected chi connectivity index (χ1v) is 13.2. The highest BCUT2D eigenvalue weighted by Gasteiger charge is 2.31. The van der Waals surface area contributed by atoms with Gasteiger partial charge in [0.15, 0.2) is 6.10 Å². The largest absolute Gasteiger partial charge is 0.378 e. The number of allylic oxidation sites excluding steroid dienone is 2. The number of carbonyl (C=O) groups excluding carboxylic acids is 1. The maximum absolute atomic E-state index is 12.9. The van der Waals surface area contributed by atoms with E-state index in [1.54, 1.807) is 30.3 Å². The molecule has 1 amide bonds. The monoisotopic (exact) mass is 500 g/mol. The molecular weight excluding hydrogens is 460 g/mol. The van der Waals surface area contributed by atoms with Crippen LogP contribution in [-0.4, -0.2) is 52.5 Å². The summed E-state index contributed by atoms with van der Waals surface area (Å²) < 4.78 is 0. The molecule has 3 aromatic rings. The Balaban J connectivity index is 0.00000121. The third kappa shape index (κ3) is 7.04. The summed E-state index contributed by atoms with van der Waals surface area (Å²) in [6.07, 6.45) is 5.57. The number of hydrogen-bond acceptors (Lipinski definition) is 4. The molecular formula is C31H40N4O2. The molecule has 6 nitrogen and oxygen atoms in total. The molecule has 4 rings (SSSR count). The molecule has 0 saturated carbocycles. The van der Waals surface area contributed by atoms with Gasteiger partial charge in [-0.3, -0.25) is 14.9 Å². The maximum atomic E-state index is 12.9. The van der Waals surface area contributed by atoms with Gasteiger partial charge in [0.1, 0.15) is 0 Å². The average Bonchev–Trinajstić information content (AvgIpc) is 3.37. The fraction of sp³-hybridized carbons (Fsp3) is 0.387. The number of likely N-dealkylation sites (tertiary alicyclic amines) is 1. The SMILES string of the molecule is CCC.CN=C/C=C(\C)c1c(-c2ccc(C)cc2)n[nH]c1C1CCN(C(=O)C(O)c2ccccc2)CC1. The number of aliphatic imine (C=N–C) groups is 1. The lowest BCUT2D eigenvalue weighted by atomic mass is 9.87. The van der Waals surface area contributed by atoms with Crippen LogP contribution in [0.3, 0.4) is 0 Å². The topological polar surface area (TPSA) is 81.6 Å². The van der Waals surface area contributed by atoms with Gasteiger partial charge in [-0.2, -0.15) is 5.10 Å². The highest BCUT2D eigenvalue weighted by atomic mass is 16.3. The van der Waals surface area contributed by atoms with Crippen LogP contribution in [0.25, 0.3) is 16.8 Å². The number of carbonyl (C=O) groups is 1. The van der Waals surface area contributed by atoms with Gasteiger partial charge in [-0.25, -0.2) is 0 Å². The van der Waals surface area contributed by atoms with Crippen molar-refractivity contribution in [1.29, 1.82) is 0 Å². The Morgan fingerprint density at radius 1 is 1.14 bits per heavy atom. The van der Waals surface area contributed by atoms with Gasteiger partial charge < -0.3 is 10.0 Å². The number of H-pyrrole nitrogens is 1. The van der Waals surface area contributed by atoms with Gasteiger partial charge >= 0.3 is 0 Å². The molecule has 1 aliphatic rings. The summed E-state index contributed by atoms with van der Waals surface area (Å²) in [5.41, 5.74) is 7.16. The Labute approximate surface area is 221 Å². The maximum Gasteiger partial charge on any atom is 0.256 e. The quantitative estimate of drug-likeness (QED) is 0.387. The second kappa shape index (κ2) is 13.7. The first-order chi connectivity index (χ1) is 17.9. The number of aliphatic hydroxyl groups is 1. The number of aryl methyl sites for hydroxylation is 1. The van der Waals surface area contributed by atoms with Crippen LogP contribution in [0.15, 0.2) is 65.7 Å². The number of nitrogens with one attached hydrogen (secondary N) is 1. The second-order valence-electron chi connectivity index (χ2n) is 9.60. The fourth-order valence-electron chi connectivity index (χ4n) is 4.58. The van der Waals surface area contributed by atoms with Gasteiger partial charge in [0.2, 0.25) is 0 Å². The molecule has 2 heterocycles. The van der Waals surface area contributed by atoms with Crippen molar-refractivity contribution in [2.24, 2.45) is 4.99 Å². The van der Waals surface area contributed by atoms with E-state index in [-0.39, 0.29) is 11.8 Å². The smallest absolute Gasteiger partial charge is 0.256 e. The fourth-order valence-corrected chi connectivity index (χ4v) is 4.58. The summed E-state index contributed by atoms with van der Waals surface area (Å²) in [7, 11) is 1.76. The van der Waals surface area contributed by atoms with Crippen LogP contribution in [0.5, 0.6) is 0 Å². The summed E-state index contributed by atoms with van der Waals surface area (Å²) in [6, 6.07) is 17.5. The molecule has 2 aromatic carbocycles. The molecule has 1 unspecified atom stereocenters. The van der Waals surface area contributed by atoms with Gasteiger partial charge in [0.05, 0.1) is 5.69 Å². The van der Waals surface area contributed by atoms with Crippen LogP contribution in [0.2, 0.25) is 0 Å². The predicted octanol–water partition coefficient (Wildman–Crippen LogP) is 6.34. The third-order valence-electron chi connectivity index (χ3n) is 6.55. The summed E-state index contributed by atoms with van der Waals surface area (Å²) in [4.78, 5) is 18.8. The Morgan fingerprint density at radius 3 is 2.35 bits per heavy atom. The minimum Gasteiger partial charge on any atom is -0.378 e. The van der Waals surface area contributed by atoms with Crippen molar-refractivity contribution in [3.05, 3.63) is 83.1 Å². The summed E-state index contributed by atoms with van der Waals surface area (Å²) >= 11 is 0. The summed E-state index contributed by atoms with van der Waals surface area (Å²) in [5, 5.41) is 18.6. The first kappa shape index (κ1) is 28.1. The lowest BCUT2D eigenvalue weighted by Gasteiger charge is -2.33. The lowest BCUT2D eigenvalue weighted by Crippen LogP contribution is -2.40.